The Morgan fingerprint density at radius 1 is 1.30 bits per heavy atom. The summed E-state index contributed by atoms with van der Waals surface area (Å²) in [6, 6.07) is 10.3. The third-order valence-electron chi connectivity index (χ3n) is 2.81. The van der Waals surface area contributed by atoms with Crippen molar-refractivity contribution in [1.82, 2.24) is 4.98 Å². The van der Waals surface area contributed by atoms with Crippen molar-refractivity contribution in [3.8, 4) is 11.5 Å². The minimum atomic E-state index is -1.04. The van der Waals surface area contributed by atoms with E-state index in [1.54, 1.807) is 18.2 Å². The number of carboxylic acid groups (broad SMARTS) is 1. The van der Waals surface area contributed by atoms with Crippen molar-refractivity contribution in [2.45, 2.75) is 0 Å². The Morgan fingerprint density at radius 2 is 2.10 bits per heavy atom. The molecule has 4 nitrogen and oxygen atoms in total. The number of fused-ring (bicyclic) bond motifs is 1. The predicted octanol–water partition coefficient (Wildman–Crippen LogP) is 4.45. The van der Waals surface area contributed by atoms with Crippen LogP contribution in [-0.2, 0) is 0 Å². The van der Waals surface area contributed by atoms with Crippen LogP contribution in [0.15, 0.2) is 40.8 Å². The highest BCUT2D eigenvalue weighted by molar-refractivity contribution is 14.1. The molecule has 0 amide bonds. The van der Waals surface area contributed by atoms with Crippen molar-refractivity contribution in [1.29, 1.82) is 0 Å². The van der Waals surface area contributed by atoms with Crippen LogP contribution in [0.2, 0.25) is 5.02 Å². The summed E-state index contributed by atoms with van der Waals surface area (Å²) < 4.78 is 6.51. The van der Waals surface area contributed by atoms with E-state index in [1.807, 2.05) is 12.1 Å². The van der Waals surface area contributed by atoms with Crippen molar-refractivity contribution in [2.75, 3.05) is 0 Å². The molecule has 1 N–H and O–H groups in total. The number of para-hydroxylation sites is 1. The van der Waals surface area contributed by atoms with Gasteiger partial charge in [0.05, 0.1) is 5.02 Å². The third kappa shape index (κ3) is 2.27. The minimum Gasteiger partial charge on any atom is -0.478 e. The maximum Gasteiger partial charge on any atom is 0.339 e. The molecule has 0 aliphatic heterocycles. The van der Waals surface area contributed by atoms with E-state index >= 15 is 0 Å². The molecule has 3 aromatic rings. The van der Waals surface area contributed by atoms with Gasteiger partial charge in [0.2, 0.25) is 5.89 Å². The van der Waals surface area contributed by atoms with Gasteiger partial charge in [-0.1, -0.05) is 17.7 Å². The number of halogens is 2. The molecule has 0 aliphatic rings. The minimum absolute atomic E-state index is 0.0952. The van der Waals surface area contributed by atoms with Crippen molar-refractivity contribution >= 4 is 51.3 Å². The zero-order valence-corrected chi connectivity index (χ0v) is 12.8. The Bertz CT molecular complexity index is 828. The Kier molecular flexibility index (Phi) is 3.39. The Morgan fingerprint density at radius 3 is 2.80 bits per heavy atom. The van der Waals surface area contributed by atoms with Crippen molar-refractivity contribution in [3.63, 3.8) is 0 Å². The van der Waals surface area contributed by atoms with Crippen LogP contribution in [0, 0.1) is 3.57 Å². The second kappa shape index (κ2) is 5.06. The second-order valence-electron chi connectivity index (χ2n) is 4.11. The molecule has 0 saturated heterocycles. The Balaban J connectivity index is 2.20. The molecule has 20 heavy (non-hydrogen) atoms. The highest BCUT2D eigenvalue weighted by atomic mass is 127. The zero-order valence-electron chi connectivity index (χ0n) is 9.93. The number of rotatable bonds is 2. The average molecular weight is 400 g/mol. The summed E-state index contributed by atoms with van der Waals surface area (Å²) >= 11 is 8.20. The molecule has 0 atom stereocenters. The van der Waals surface area contributed by atoms with Gasteiger partial charge in [-0.25, -0.2) is 9.78 Å². The lowest BCUT2D eigenvalue weighted by Gasteiger charge is -1.98. The Labute approximate surface area is 132 Å². The van der Waals surface area contributed by atoms with Gasteiger partial charge in [-0.05, 0) is 52.9 Å². The van der Waals surface area contributed by atoms with Crippen LogP contribution in [0.4, 0.5) is 0 Å². The van der Waals surface area contributed by atoms with Crippen molar-refractivity contribution < 1.29 is 14.3 Å². The first-order valence-electron chi connectivity index (χ1n) is 5.64. The van der Waals surface area contributed by atoms with Gasteiger partial charge < -0.3 is 9.52 Å². The van der Waals surface area contributed by atoms with Crippen LogP contribution in [0.25, 0.3) is 22.6 Å². The monoisotopic (exact) mass is 399 g/mol. The van der Waals surface area contributed by atoms with Gasteiger partial charge in [0.1, 0.15) is 11.1 Å². The van der Waals surface area contributed by atoms with E-state index in [0.717, 1.165) is 3.57 Å². The molecule has 1 aromatic heterocycles. The summed E-state index contributed by atoms with van der Waals surface area (Å²) in [5.74, 6) is -0.689. The van der Waals surface area contributed by atoms with Crippen LogP contribution >= 0.6 is 34.2 Å². The summed E-state index contributed by atoms with van der Waals surface area (Å²) in [5, 5.41) is 9.73. The van der Waals surface area contributed by atoms with Gasteiger partial charge >= 0.3 is 5.97 Å². The third-order valence-corrected chi connectivity index (χ3v) is 4.38. The van der Waals surface area contributed by atoms with E-state index in [0.29, 0.717) is 22.0 Å². The lowest BCUT2D eigenvalue weighted by molar-refractivity contribution is 0.0698. The molecule has 100 valence electrons. The van der Waals surface area contributed by atoms with Crippen LogP contribution in [-0.4, -0.2) is 16.1 Å². The first kappa shape index (κ1) is 13.4. The number of aromatic carboxylic acids is 1. The SMILES string of the molecule is O=C(O)c1cccc2nc(-c3ccc(I)c(Cl)c3)oc12. The van der Waals surface area contributed by atoms with Crippen LogP contribution in [0.1, 0.15) is 10.4 Å². The normalized spacial score (nSPS) is 10.9. The van der Waals surface area contributed by atoms with Crippen molar-refractivity contribution in [3.05, 3.63) is 50.6 Å². The first-order chi connectivity index (χ1) is 9.56. The van der Waals surface area contributed by atoms with Gasteiger partial charge in [-0.15, -0.1) is 0 Å². The van der Waals surface area contributed by atoms with E-state index in [-0.39, 0.29) is 11.1 Å². The molecule has 0 fully saturated rings. The predicted molar refractivity (Wildman–Crippen MR) is 84.1 cm³/mol. The number of hydrogen-bond donors (Lipinski definition) is 1. The molecule has 0 saturated carbocycles. The van der Waals surface area contributed by atoms with Crippen LogP contribution < -0.4 is 0 Å². The zero-order chi connectivity index (χ0) is 14.3. The molecular weight excluding hydrogens is 393 g/mol. The topological polar surface area (TPSA) is 63.3 Å². The number of benzene rings is 2. The van der Waals surface area contributed by atoms with E-state index in [4.69, 9.17) is 21.1 Å². The number of carbonyl (C=O) groups is 1. The lowest BCUT2D eigenvalue weighted by atomic mass is 10.2. The van der Waals surface area contributed by atoms with E-state index in [9.17, 15) is 4.79 Å². The quantitative estimate of drug-likeness (QED) is 0.647. The van der Waals surface area contributed by atoms with Crippen LogP contribution in [0.3, 0.4) is 0 Å². The van der Waals surface area contributed by atoms with Gasteiger partial charge in [0.15, 0.2) is 5.58 Å². The number of hydrogen-bond acceptors (Lipinski definition) is 3. The van der Waals surface area contributed by atoms with Gasteiger partial charge in [-0.2, -0.15) is 0 Å². The summed E-state index contributed by atoms with van der Waals surface area (Å²) in [7, 11) is 0. The second-order valence-corrected chi connectivity index (χ2v) is 5.68. The maximum atomic E-state index is 11.1. The molecule has 0 bridgehead atoms. The number of nitrogens with zero attached hydrogens (tertiary/aromatic N) is 1. The Hall–Kier alpha value is -1.60. The van der Waals surface area contributed by atoms with Gasteiger partial charge in [-0.3, -0.25) is 0 Å². The molecule has 0 unspecified atom stereocenters. The lowest BCUT2D eigenvalue weighted by Crippen LogP contribution is -1.95. The molecule has 1 heterocycles. The molecule has 0 aliphatic carbocycles. The molecule has 2 aromatic carbocycles. The fourth-order valence-electron chi connectivity index (χ4n) is 1.87. The molecular formula is C14H7ClINO3. The van der Waals surface area contributed by atoms with E-state index in [2.05, 4.69) is 27.6 Å². The number of carboxylic acids is 1. The highest BCUT2D eigenvalue weighted by Gasteiger charge is 2.15. The summed E-state index contributed by atoms with van der Waals surface area (Å²) in [6.07, 6.45) is 0. The number of aromatic nitrogens is 1. The standard InChI is InChI=1S/C14H7ClINO3/c15-9-6-7(4-5-10(9)16)13-17-11-3-1-2-8(14(18)19)12(11)20-13/h1-6H,(H,18,19). The first-order valence-corrected chi connectivity index (χ1v) is 7.10. The van der Waals surface area contributed by atoms with Gasteiger partial charge in [0.25, 0.3) is 0 Å². The highest BCUT2D eigenvalue weighted by Crippen LogP contribution is 2.29. The fourth-order valence-corrected chi connectivity index (χ4v) is 2.39. The molecule has 0 radical (unpaired) electrons. The van der Waals surface area contributed by atoms with E-state index < -0.39 is 5.97 Å². The average Bonchev–Trinajstić information content (AvgIpc) is 2.85. The molecule has 0 spiro atoms. The van der Waals surface area contributed by atoms with Crippen molar-refractivity contribution in [2.24, 2.45) is 0 Å². The van der Waals surface area contributed by atoms with E-state index in [1.165, 1.54) is 6.07 Å². The fraction of sp³-hybridized carbons (Fsp3) is 0. The smallest absolute Gasteiger partial charge is 0.339 e. The van der Waals surface area contributed by atoms with Crippen LogP contribution in [0.5, 0.6) is 0 Å². The maximum absolute atomic E-state index is 11.1. The number of oxazole rings is 1. The summed E-state index contributed by atoms with van der Waals surface area (Å²) in [5.41, 5.74) is 1.58. The largest absolute Gasteiger partial charge is 0.478 e. The molecule has 6 heteroatoms. The molecule has 3 rings (SSSR count). The van der Waals surface area contributed by atoms with Gasteiger partial charge in [0, 0.05) is 9.13 Å². The summed E-state index contributed by atoms with van der Waals surface area (Å²) in [6.45, 7) is 0. The summed E-state index contributed by atoms with van der Waals surface area (Å²) in [4.78, 5) is 15.5.